The third-order valence-electron chi connectivity index (χ3n) is 0.707. The molecule has 0 amide bonds. The van der Waals surface area contributed by atoms with Gasteiger partial charge in [0.2, 0.25) is 0 Å². The van der Waals surface area contributed by atoms with E-state index in [0.717, 1.165) is 6.42 Å². The monoisotopic (exact) mass is 166 g/mol. The molecule has 3 nitrogen and oxygen atoms in total. The summed E-state index contributed by atoms with van der Waals surface area (Å²) >= 11 is 0. The van der Waals surface area contributed by atoms with Crippen LogP contribution in [0.1, 0.15) is 27.2 Å². The zero-order valence-electron chi connectivity index (χ0n) is 6.70. The maximum atomic E-state index is 8.97. The Labute approximate surface area is 63.3 Å². The Morgan fingerprint density at radius 3 is 2.50 bits per heavy atom. The van der Waals surface area contributed by atoms with Crippen LogP contribution < -0.4 is 0 Å². The van der Waals surface area contributed by atoms with Gasteiger partial charge in [-0.1, -0.05) is 6.92 Å². The first-order valence-corrected chi connectivity index (χ1v) is 4.58. The van der Waals surface area contributed by atoms with Gasteiger partial charge in [0.15, 0.2) is 0 Å². The first-order chi connectivity index (χ1) is 4.66. The molecule has 10 heavy (non-hydrogen) atoms. The maximum Gasteiger partial charge on any atom is 0.330 e. The van der Waals surface area contributed by atoms with Crippen LogP contribution in [0.5, 0.6) is 0 Å². The Morgan fingerprint density at radius 2 is 2.10 bits per heavy atom. The predicted molar refractivity (Wildman–Crippen MR) is 41.6 cm³/mol. The van der Waals surface area contributed by atoms with Gasteiger partial charge in [-0.3, -0.25) is 0 Å². The number of hydrogen-bond donors (Lipinski definition) is 1. The maximum absolute atomic E-state index is 8.97. The molecule has 0 saturated carbocycles. The van der Waals surface area contributed by atoms with Gasteiger partial charge < -0.3 is 13.9 Å². The van der Waals surface area contributed by atoms with Crippen molar-refractivity contribution in [3.63, 3.8) is 0 Å². The molecule has 0 aliphatic rings. The highest BCUT2D eigenvalue weighted by Gasteiger charge is 2.07. The minimum atomic E-state index is -1.63. The summed E-state index contributed by atoms with van der Waals surface area (Å²) in [5, 5.41) is 0. The third-order valence-corrected chi connectivity index (χ3v) is 1.71. The van der Waals surface area contributed by atoms with Crippen molar-refractivity contribution in [2.45, 2.75) is 33.3 Å². The molecule has 1 N–H and O–H groups in total. The standard InChI is InChI=1S/C6H15O3P/c1-4-5-8-10(7)9-6(2)3/h6-7H,4-5H2,1-3H3. The fraction of sp³-hybridized carbons (Fsp3) is 1.00. The van der Waals surface area contributed by atoms with Crippen molar-refractivity contribution in [2.24, 2.45) is 0 Å². The highest BCUT2D eigenvalue weighted by atomic mass is 31.2. The van der Waals surface area contributed by atoms with Crippen molar-refractivity contribution >= 4 is 8.60 Å². The zero-order valence-corrected chi connectivity index (χ0v) is 7.60. The van der Waals surface area contributed by atoms with Crippen molar-refractivity contribution in [3.8, 4) is 0 Å². The molecule has 0 aromatic rings. The lowest BCUT2D eigenvalue weighted by molar-refractivity contribution is 0.165. The molecule has 0 heterocycles. The largest absolute Gasteiger partial charge is 0.330 e. The second-order valence-electron chi connectivity index (χ2n) is 2.23. The molecule has 0 spiro atoms. The Morgan fingerprint density at radius 1 is 1.50 bits per heavy atom. The Hall–Kier alpha value is 0.310. The van der Waals surface area contributed by atoms with E-state index < -0.39 is 8.60 Å². The summed E-state index contributed by atoms with van der Waals surface area (Å²) < 4.78 is 9.85. The molecule has 4 heteroatoms. The average Bonchev–Trinajstić information content (AvgIpc) is 1.82. The van der Waals surface area contributed by atoms with Crippen molar-refractivity contribution in [3.05, 3.63) is 0 Å². The van der Waals surface area contributed by atoms with E-state index in [9.17, 15) is 0 Å². The summed E-state index contributed by atoms with van der Waals surface area (Å²) in [5.41, 5.74) is 0. The fourth-order valence-corrected chi connectivity index (χ4v) is 1.14. The first-order valence-electron chi connectivity index (χ1n) is 3.45. The highest BCUT2D eigenvalue weighted by molar-refractivity contribution is 7.40. The molecule has 1 atom stereocenters. The molecule has 0 aliphatic carbocycles. The summed E-state index contributed by atoms with van der Waals surface area (Å²) in [7, 11) is -1.63. The molecule has 0 radical (unpaired) electrons. The van der Waals surface area contributed by atoms with E-state index in [1.165, 1.54) is 0 Å². The SMILES string of the molecule is CCCOP(O)OC(C)C. The van der Waals surface area contributed by atoms with E-state index in [2.05, 4.69) is 0 Å². The van der Waals surface area contributed by atoms with E-state index >= 15 is 0 Å². The van der Waals surface area contributed by atoms with Gasteiger partial charge in [0.1, 0.15) is 0 Å². The molecule has 62 valence electrons. The molecule has 0 fully saturated rings. The van der Waals surface area contributed by atoms with E-state index in [-0.39, 0.29) is 6.10 Å². The highest BCUT2D eigenvalue weighted by Crippen LogP contribution is 2.34. The van der Waals surface area contributed by atoms with Gasteiger partial charge >= 0.3 is 8.60 Å². The minimum Gasteiger partial charge on any atom is -0.328 e. The number of hydrogen-bond acceptors (Lipinski definition) is 3. The molecular formula is C6H15O3P. The van der Waals surface area contributed by atoms with Crippen LogP contribution in [0, 0.1) is 0 Å². The predicted octanol–water partition coefficient (Wildman–Crippen LogP) is 2.06. The number of rotatable bonds is 5. The smallest absolute Gasteiger partial charge is 0.328 e. The second-order valence-corrected chi connectivity index (χ2v) is 3.17. The van der Waals surface area contributed by atoms with Gasteiger partial charge in [-0.2, -0.15) is 0 Å². The summed E-state index contributed by atoms with van der Waals surface area (Å²) in [6.45, 7) is 6.27. The molecular weight excluding hydrogens is 151 g/mol. The Bertz CT molecular complexity index is 77.4. The molecule has 0 aromatic carbocycles. The lowest BCUT2D eigenvalue weighted by Crippen LogP contribution is -1.99. The molecule has 0 bridgehead atoms. The van der Waals surface area contributed by atoms with E-state index in [4.69, 9.17) is 13.9 Å². The van der Waals surface area contributed by atoms with Crippen LogP contribution in [-0.2, 0) is 9.05 Å². The molecule has 0 rings (SSSR count). The lowest BCUT2D eigenvalue weighted by atomic mass is 10.5. The average molecular weight is 166 g/mol. The van der Waals surface area contributed by atoms with Gasteiger partial charge in [-0.25, -0.2) is 0 Å². The normalized spacial score (nSPS) is 14.1. The van der Waals surface area contributed by atoms with Crippen molar-refractivity contribution in [1.82, 2.24) is 0 Å². The summed E-state index contributed by atoms with van der Waals surface area (Å²) in [5.74, 6) is 0. The molecule has 0 aromatic heterocycles. The van der Waals surface area contributed by atoms with Gasteiger partial charge in [0.05, 0.1) is 12.7 Å². The van der Waals surface area contributed by atoms with Crippen LogP contribution in [0.2, 0.25) is 0 Å². The fourth-order valence-electron chi connectivity index (χ4n) is 0.380. The summed E-state index contributed by atoms with van der Waals surface area (Å²) in [4.78, 5) is 8.97. The van der Waals surface area contributed by atoms with Gasteiger partial charge in [0.25, 0.3) is 0 Å². The Kier molecular flexibility index (Phi) is 6.24. The van der Waals surface area contributed by atoms with Crippen LogP contribution in [0.4, 0.5) is 0 Å². The third kappa shape index (κ3) is 6.43. The van der Waals surface area contributed by atoms with E-state index in [0.29, 0.717) is 6.61 Å². The van der Waals surface area contributed by atoms with Crippen LogP contribution >= 0.6 is 8.60 Å². The zero-order chi connectivity index (χ0) is 7.98. The van der Waals surface area contributed by atoms with E-state index in [1.54, 1.807) is 0 Å². The van der Waals surface area contributed by atoms with Crippen LogP contribution in [0.15, 0.2) is 0 Å². The second kappa shape index (κ2) is 6.05. The van der Waals surface area contributed by atoms with Gasteiger partial charge in [0, 0.05) is 0 Å². The van der Waals surface area contributed by atoms with Crippen LogP contribution in [0.3, 0.4) is 0 Å². The van der Waals surface area contributed by atoms with Crippen molar-refractivity contribution < 1.29 is 13.9 Å². The lowest BCUT2D eigenvalue weighted by Gasteiger charge is -2.11. The molecule has 1 unspecified atom stereocenters. The van der Waals surface area contributed by atoms with Gasteiger partial charge in [-0.15, -0.1) is 0 Å². The topological polar surface area (TPSA) is 38.7 Å². The van der Waals surface area contributed by atoms with Crippen LogP contribution in [0.25, 0.3) is 0 Å². The summed E-state index contributed by atoms with van der Waals surface area (Å²) in [6.07, 6.45) is 0.939. The van der Waals surface area contributed by atoms with Crippen LogP contribution in [-0.4, -0.2) is 17.6 Å². The van der Waals surface area contributed by atoms with E-state index in [1.807, 2.05) is 20.8 Å². The Balaban J connectivity index is 3.16. The minimum absolute atomic E-state index is 0.0352. The first kappa shape index (κ1) is 10.3. The molecule has 0 saturated heterocycles. The van der Waals surface area contributed by atoms with Crippen molar-refractivity contribution in [1.29, 1.82) is 0 Å². The summed E-state index contributed by atoms with van der Waals surface area (Å²) in [6, 6.07) is 0. The molecule has 0 aliphatic heterocycles. The van der Waals surface area contributed by atoms with Crippen molar-refractivity contribution in [2.75, 3.05) is 6.61 Å². The van der Waals surface area contributed by atoms with Gasteiger partial charge in [-0.05, 0) is 20.3 Å². The quantitative estimate of drug-likeness (QED) is 0.635.